The summed E-state index contributed by atoms with van der Waals surface area (Å²) < 4.78 is 13.2. The maximum atomic E-state index is 6.74. The molecular weight excluding hydrogens is 554 g/mol. The lowest BCUT2D eigenvalue weighted by molar-refractivity contribution is 0.578. The van der Waals surface area contributed by atoms with Gasteiger partial charge in [-0.15, -0.1) is 0 Å². The van der Waals surface area contributed by atoms with Crippen LogP contribution in [0.4, 0.5) is 0 Å². The number of hydrogen-bond donors (Lipinski definition) is 0. The molecule has 0 spiro atoms. The standard InChI is InChI=1S/C40H27N3O2/c1-24-22-31(29-18-10-17-28-27-16-8-9-20-33(27)44-36(28)29)37-32(23-24)35-30(19-11-21-34(35)45-37)40-42-38(25-12-4-2-5-13-25)41-39(43-40)26-14-6-3-7-15-26/h2-22,24H,23H2,1H3. The zero-order valence-electron chi connectivity index (χ0n) is 24.6. The molecule has 9 rings (SSSR count). The van der Waals surface area contributed by atoms with Gasteiger partial charge < -0.3 is 8.83 Å². The Morgan fingerprint density at radius 1 is 0.556 bits per heavy atom. The van der Waals surface area contributed by atoms with Gasteiger partial charge in [0, 0.05) is 49.5 Å². The van der Waals surface area contributed by atoms with Gasteiger partial charge in [0.25, 0.3) is 0 Å². The molecule has 3 heterocycles. The molecule has 1 atom stereocenters. The van der Waals surface area contributed by atoms with Gasteiger partial charge in [-0.3, -0.25) is 0 Å². The first-order valence-electron chi connectivity index (χ1n) is 15.3. The normalized spacial score (nSPS) is 14.6. The Bertz CT molecular complexity index is 2360. The molecule has 5 heteroatoms. The molecule has 45 heavy (non-hydrogen) atoms. The summed E-state index contributed by atoms with van der Waals surface area (Å²) >= 11 is 0. The summed E-state index contributed by atoms with van der Waals surface area (Å²) in [4.78, 5) is 15.0. The van der Waals surface area contributed by atoms with Gasteiger partial charge in [0.1, 0.15) is 22.5 Å². The van der Waals surface area contributed by atoms with Crippen molar-refractivity contribution in [2.75, 3.05) is 0 Å². The molecule has 5 aromatic carbocycles. The van der Waals surface area contributed by atoms with Gasteiger partial charge in [0.05, 0.1) is 0 Å². The highest BCUT2D eigenvalue weighted by molar-refractivity contribution is 6.10. The predicted molar refractivity (Wildman–Crippen MR) is 180 cm³/mol. The van der Waals surface area contributed by atoms with Gasteiger partial charge in [-0.2, -0.15) is 0 Å². The predicted octanol–water partition coefficient (Wildman–Crippen LogP) is 10.1. The zero-order valence-corrected chi connectivity index (χ0v) is 24.6. The second-order valence-corrected chi connectivity index (χ2v) is 11.7. The van der Waals surface area contributed by atoms with E-state index in [1.165, 1.54) is 5.56 Å². The molecule has 0 N–H and O–H groups in total. The van der Waals surface area contributed by atoms with Crippen LogP contribution in [-0.4, -0.2) is 15.0 Å². The van der Waals surface area contributed by atoms with E-state index < -0.39 is 0 Å². The first-order chi connectivity index (χ1) is 22.2. The number of furan rings is 2. The second-order valence-electron chi connectivity index (χ2n) is 11.7. The molecule has 1 aliphatic carbocycles. The van der Waals surface area contributed by atoms with Crippen LogP contribution in [0.2, 0.25) is 0 Å². The van der Waals surface area contributed by atoms with E-state index >= 15 is 0 Å². The summed E-state index contributed by atoms with van der Waals surface area (Å²) in [6, 6.07) is 40.9. The Balaban J connectivity index is 1.27. The largest absolute Gasteiger partial charge is 0.456 e. The van der Waals surface area contributed by atoms with Crippen molar-refractivity contribution in [3.05, 3.63) is 144 Å². The molecule has 1 aliphatic rings. The second kappa shape index (κ2) is 10.1. The van der Waals surface area contributed by atoms with Crippen molar-refractivity contribution in [2.45, 2.75) is 13.3 Å². The fourth-order valence-corrected chi connectivity index (χ4v) is 6.65. The quantitative estimate of drug-likeness (QED) is 0.207. The Morgan fingerprint density at radius 3 is 1.91 bits per heavy atom. The molecule has 0 bridgehead atoms. The van der Waals surface area contributed by atoms with Gasteiger partial charge in [0.15, 0.2) is 17.5 Å². The highest BCUT2D eigenvalue weighted by atomic mass is 16.3. The summed E-state index contributed by atoms with van der Waals surface area (Å²) in [6.45, 7) is 2.26. The van der Waals surface area contributed by atoms with Crippen molar-refractivity contribution >= 4 is 38.5 Å². The molecule has 5 nitrogen and oxygen atoms in total. The fourth-order valence-electron chi connectivity index (χ4n) is 6.65. The fraction of sp³-hybridized carbons (Fsp3) is 0.0750. The van der Waals surface area contributed by atoms with Gasteiger partial charge in [0.2, 0.25) is 0 Å². The molecule has 3 aromatic heterocycles. The van der Waals surface area contributed by atoms with Crippen LogP contribution in [0.3, 0.4) is 0 Å². The van der Waals surface area contributed by atoms with Crippen LogP contribution in [0.1, 0.15) is 23.8 Å². The molecule has 0 amide bonds. The van der Waals surface area contributed by atoms with Crippen LogP contribution in [0.15, 0.2) is 136 Å². The summed E-state index contributed by atoms with van der Waals surface area (Å²) in [7, 11) is 0. The van der Waals surface area contributed by atoms with E-state index in [0.717, 1.165) is 72.9 Å². The van der Waals surface area contributed by atoms with Crippen molar-refractivity contribution in [1.29, 1.82) is 0 Å². The van der Waals surface area contributed by atoms with Crippen molar-refractivity contribution in [3.8, 4) is 34.2 Å². The van der Waals surface area contributed by atoms with Crippen LogP contribution in [0, 0.1) is 5.92 Å². The van der Waals surface area contributed by atoms with Gasteiger partial charge in [-0.25, -0.2) is 15.0 Å². The zero-order chi connectivity index (χ0) is 29.9. The summed E-state index contributed by atoms with van der Waals surface area (Å²) in [5.74, 6) is 3.07. The lowest BCUT2D eigenvalue weighted by Crippen LogP contribution is -2.07. The van der Waals surface area contributed by atoms with Gasteiger partial charge >= 0.3 is 0 Å². The maximum absolute atomic E-state index is 6.74. The summed E-state index contributed by atoms with van der Waals surface area (Å²) in [6.07, 6.45) is 3.16. The minimum absolute atomic E-state index is 0.291. The highest BCUT2D eigenvalue weighted by Crippen LogP contribution is 2.45. The third kappa shape index (κ3) is 4.20. The number of nitrogens with zero attached hydrogens (tertiary/aromatic N) is 3. The summed E-state index contributed by atoms with van der Waals surface area (Å²) in [5.41, 5.74) is 8.66. The van der Waals surface area contributed by atoms with Crippen molar-refractivity contribution in [2.24, 2.45) is 5.92 Å². The van der Waals surface area contributed by atoms with E-state index in [1.54, 1.807) is 0 Å². The van der Waals surface area contributed by atoms with Crippen LogP contribution >= 0.6 is 0 Å². The molecule has 0 radical (unpaired) electrons. The van der Waals surface area contributed by atoms with Gasteiger partial charge in [-0.05, 0) is 24.5 Å². The minimum Gasteiger partial charge on any atom is -0.456 e. The average molecular weight is 582 g/mol. The highest BCUT2D eigenvalue weighted by Gasteiger charge is 2.29. The van der Waals surface area contributed by atoms with Crippen LogP contribution in [-0.2, 0) is 6.42 Å². The Kier molecular flexibility index (Phi) is 5.78. The number of allylic oxidation sites excluding steroid dienone is 1. The van der Waals surface area contributed by atoms with E-state index in [4.69, 9.17) is 23.8 Å². The Hall–Kier alpha value is -5.81. The molecule has 0 saturated heterocycles. The molecular formula is C40H27N3O2. The molecule has 0 aliphatic heterocycles. The first-order valence-corrected chi connectivity index (χ1v) is 15.3. The molecule has 8 aromatic rings. The number of aromatic nitrogens is 3. The lowest BCUT2D eigenvalue weighted by atomic mass is 9.85. The van der Waals surface area contributed by atoms with E-state index in [0.29, 0.717) is 23.4 Å². The number of fused-ring (bicyclic) bond motifs is 6. The molecule has 0 saturated carbocycles. The SMILES string of the molecule is CC1C=C(c2cccc3c2oc2ccccc23)c2oc3cccc(-c4nc(-c5ccccc5)nc(-c5ccccc5)n4)c3c2C1. The monoisotopic (exact) mass is 581 g/mol. The van der Waals surface area contributed by atoms with Crippen LogP contribution in [0.5, 0.6) is 0 Å². The number of para-hydroxylation sites is 2. The third-order valence-corrected chi connectivity index (χ3v) is 8.67. The third-order valence-electron chi connectivity index (χ3n) is 8.67. The van der Waals surface area contributed by atoms with Crippen molar-refractivity contribution < 1.29 is 8.83 Å². The van der Waals surface area contributed by atoms with Crippen molar-refractivity contribution in [1.82, 2.24) is 15.0 Å². The smallest absolute Gasteiger partial charge is 0.164 e. The number of benzene rings is 5. The van der Waals surface area contributed by atoms with Crippen molar-refractivity contribution in [3.63, 3.8) is 0 Å². The Labute approximate surface area is 259 Å². The number of rotatable bonds is 4. The van der Waals surface area contributed by atoms with Crippen LogP contribution < -0.4 is 0 Å². The summed E-state index contributed by atoms with van der Waals surface area (Å²) in [5, 5.41) is 3.27. The van der Waals surface area contributed by atoms with E-state index in [-0.39, 0.29) is 0 Å². The van der Waals surface area contributed by atoms with Gasteiger partial charge in [-0.1, -0.05) is 122 Å². The van der Waals surface area contributed by atoms with E-state index in [2.05, 4.69) is 49.4 Å². The Morgan fingerprint density at radius 2 is 1.16 bits per heavy atom. The number of hydrogen-bond acceptors (Lipinski definition) is 5. The van der Waals surface area contributed by atoms with E-state index in [9.17, 15) is 0 Å². The average Bonchev–Trinajstić information content (AvgIpc) is 3.67. The van der Waals surface area contributed by atoms with E-state index in [1.807, 2.05) is 84.9 Å². The molecule has 1 unspecified atom stereocenters. The first kappa shape index (κ1) is 25.7. The van der Waals surface area contributed by atoms with Crippen LogP contribution in [0.25, 0.3) is 72.6 Å². The lowest BCUT2D eigenvalue weighted by Gasteiger charge is -2.18. The molecule has 214 valence electrons. The topological polar surface area (TPSA) is 65.0 Å². The maximum Gasteiger partial charge on any atom is 0.164 e. The molecule has 0 fully saturated rings. The minimum atomic E-state index is 0.291.